The number of alkyl halides is 1. The summed E-state index contributed by atoms with van der Waals surface area (Å²) in [6.07, 6.45) is 0. The first-order chi connectivity index (χ1) is 9.24. The Morgan fingerprint density at radius 2 is 1.90 bits per heavy atom. The van der Waals surface area contributed by atoms with E-state index in [4.69, 9.17) is 16.6 Å². The van der Waals surface area contributed by atoms with Crippen LogP contribution in [-0.4, -0.2) is 9.55 Å². The van der Waals surface area contributed by atoms with E-state index in [0.717, 1.165) is 17.9 Å². The standard InChI is InChI=1S/C17H25ClN2/c1-11(2)17(5,6)10-20-15-12(3)8-7-9-14(15)19-16(20)13(4)18/h7-9,11,13H,10H2,1-6H3. The lowest BCUT2D eigenvalue weighted by atomic mass is 9.81. The van der Waals surface area contributed by atoms with Crippen molar-refractivity contribution in [3.8, 4) is 0 Å². The monoisotopic (exact) mass is 292 g/mol. The number of fused-ring (bicyclic) bond motifs is 1. The molecule has 0 aliphatic rings. The first-order valence-electron chi connectivity index (χ1n) is 7.34. The maximum absolute atomic E-state index is 6.36. The third-order valence-corrected chi connectivity index (χ3v) is 4.68. The number of para-hydroxylation sites is 1. The molecular formula is C17H25ClN2. The van der Waals surface area contributed by atoms with Crippen LogP contribution in [0.1, 0.15) is 51.4 Å². The second-order valence-corrected chi connectivity index (χ2v) is 7.41. The molecule has 0 saturated carbocycles. The van der Waals surface area contributed by atoms with Crippen LogP contribution < -0.4 is 0 Å². The molecule has 2 nitrogen and oxygen atoms in total. The minimum atomic E-state index is -0.0789. The number of aryl methyl sites for hydroxylation is 1. The van der Waals surface area contributed by atoms with Crippen LogP contribution in [0.2, 0.25) is 0 Å². The summed E-state index contributed by atoms with van der Waals surface area (Å²) in [4.78, 5) is 4.75. The van der Waals surface area contributed by atoms with Crippen molar-refractivity contribution in [3.05, 3.63) is 29.6 Å². The van der Waals surface area contributed by atoms with E-state index in [-0.39, 0.29) is 10.8 Å². The molecular weight excluding hydrogens is 268 g/mol. The first-order valence-corrected chi connectivity index (χ1v) is 7.77. The molecule has 0 spiro atoms. The highest BCUT2D eigenvalue weighted by atomic mass is 35.5. The van der Waals surface area contributed by atoms with E-state index < -0.39 is 0 Å². The summed E-state index contributed by atoms with van der Waals surface area (Å²) in [7, 11) is 0. The number of aromatic nitrogens is 2. The molecule has 0 N–H and O–H groups in total. The Morgan fingerprint density at radius 1 is 1.25 bits per heavy atom. The number of benzene rings is 1. The minimum Gasteiger partial charge on any atom is -0.326 e. The fraction of sp³-hybridized carbons (Fsp3) is 0.588. The van der Waals surface area contributed by atoms with Crippen molar-refractivity contribution < 1.29 is 0 Å². The van der Waals surface area contributed by atoms with Gasteiger partial charge in [-0.2, -0.15) is 0 Å². The van der Waals surface area contributed by atoms with Crippen molar-refractivity contribution in [3.63, 3.8) is 0 Å². The zero-order valence-corrected chi connectivity index (χ0v) is 14.1. The molecule has 1 heterocycles. The van der Waals surface area contributed by atoms with Gasteiger partial charge in [0.1, 0.15) is 5.82 Å². The Labute approximate surface area is 127 Å². The van der Waals surface area contributed by atoms with Gasteiger partial charge in [0.05, 0.1) is 16.4 Å². The third kappa shape index (κ3) is 2.71. The predicted molar refractivity (Wildman–Crippen MR) is 87.4 cm³/mol. The van der Waals surface area contributed by atoms with Gasteiger partial charge < -0.3 is 4.57 Å². The Balaban J connectivity index is 2.63. The number of hydrogen-bond acceptors (Lipinski definition) is 1. The van der Waals surface area contributed by atoms with E-state index in [0.29, 0.717) is 5.92 Å². The zero-order chi connectivity index (χ0) is 15.1. The Morgan fingerprint density at radius 3 is 2.45 bits per heavy atom. The van der Waals surface area contributed by atoms with Gasteiger partial charge >= 0.3 is 0 Å². The van der Waals surface area contributed by atoms with E-state index in [1.165, 1.54) is 11.1 Å². The summed E-state index contributed by atoms with van der Waals surface area (Å²) in [5, 5.41) is -0.0789. The van der Waals surface area contributed by atoms with Gasteiger partial charge in [0.25, 0.3) is 0 Å². The lowest BCUT2D eigenvalue weighted by Gasteiger charge is -2.31. The maximum atomic E-state index is 6.36. The molecule has 0 radical (unpaired) electrons. The molecule has 0 aliphatic carbocycles. The SMILES string of the molecule is Cc1cccc2nc(C(C)Cl)n(CC(C)(C)C(C)C)c12. The Kier molecular flexibility index (Phi) is 4.15. The van der Waals surface area contributed by atoms with Gasteiger partial charge in [-0.15, -0.1) is 11.6 Å². The van der Waals surface area contributed by atoms with E-state index in [2.05, 4.69) is 57.4 Å². The van der Waals surface area contributed by atoms with Crippen LogP contribution in [0, 0.1) is 18.3 Å². The molecule has 110 valence electrons. The molecule has 0 aliphatic heterocycles. The van der Waals surface area contributed by atoms with Gasteiger partial charge in [0.15, 0.2) is 0 Å². The summed E-state index contributed by atoms with van der Waals surface area (Å²) in [5.41, 5.74) is 3.74. The lowest BCUT2D eigenvalue weighted by Crippen LogP contribution is -2.26. The molecule has 0 amide bonds. The zero-order valence-electron chi connectivity index (χ0n) is 13.4. The summed E-state index contributed by atoms with van der Waals surface area (Å²) in [6, 6.07) is 6.28. The van der Waals surface area contributed by atoms with Gasteiger partial charge in [-0.1, -0.05) is 39.8 Å². The summed E-state index contributed by atoms with van der Waals surface area (Å²) < 4.78 is 2.32. The number of halogens is 1. The van der Waals surface area contributed by atoms with E-state index in [9.17, 15) is 0 Å². The molecule has 0 bridgehead atoms. The van der Waals surface area contributed by atoms with Gasteiger partial charge in [-0.05, 0) is 36.8 Å². The molecule has 20 heavy (non-hydrogen) atoms. The summed E-state index contributed by atoms with van der Waals surface area (Å²) in [6.45, 7) is 14.3. The third-order valence-electron chi connectivity index (χ3n) is 4.48. The fourth-order valence-electron chi connectivity index (χ4n) is 2.44. The number of hydrogen-bond donors (Lipinski definition) is 0. The highest BCUT2D eigenvalue weighted by Crippen LogP contribution is 2.33. The molecule has 1 aromatic carbocycles. The first kappa shape index (κ1) is 15.4. The highest BCUT2D eigenvalue weighted by Gasteiger charge is 2.26. The van der Waals surface area contributed by atoms with E-state index in [1.807, 2.05) is 6.92 Å². The molecule has 1 aromatic heterocycles. The average Bonchev–Trinajstić information content (AvgIpc) is 2.68. The van der Waals surface area contributed by atoms with Crippen molar-refractivity contribution >= 4 is 22.6 Å². The Bertz CT molecular complexity index is 609. The van der Waals surface area contributed by atoms with Crippen LogP contribution >= 0.6 is 11.6 Å². The molecule has 2 rings (SSSR count). The molecule has 0 saturated heterocycles. The summed E-state index contributed by atoms with van der Waals surface area (Å²) in [5.74, 6) is 1.58. The van der Waals surface area contributed by atoms with Crippen LogP contribution in [-0.2, 0) is 6.54 Å². The highest BCUT2D eigenvalue weighted by molar-refractivity contribution is 6.20. The molecule has 3 heteroatoms. The van der Waals surface area contributed by atoms with Crippen LogP contribution in [0.3, 0.4) is 0 Å². The lowest BCUT2D eigenvalue weighted by molar-refractivity contribution is 0.210. The topological polar surface area (TPSA) is 17.8 Å². The van der Waals surface area contributed by atoms with Gasteiger partial charge in [0.2, 0.25) is 0 Å². The largest absolute Gasteiger partial charge is 0.326 e. The quantitative estimate of drug-likeness (QED) is 0.697. The van der Waals surface area contributed by atoms with E-state index in [1.54, 1.807) is 0 Å². The van der Waals surface area contributed by atoms with Crippen molar-refractivity contribution in [1.29, 1.82) is 0 Å². The van der Waals surface area contributed by atoms with Gasteiger partial charge in [-0.3, -0.25) is 0 Å². The van der Waals surface area contributed by atoms with Crippen molar-refractivity contribution in [2.45, 2.75) is 53.5 Å². The second-order valence-electron chi connectivity index (χ2n) is 6.76. The number of rotatable bonds is 4. The Hall–Kier alpha value is -1.02. The predicted octanol–water partition coefficient (Wildman–Crippen LogP) is 5.33. The fourth-order valence-corrected chi connectivity index (χ4v) is 2.60. The van der Waals surface area contributed by atoms with Crippen molar-refractivity contribution in [1.82, 2.24) is 9.55 Å². The second kappa shape index (κ2) is 5.40. The smallest absolute Gasteiger partial charge is 0.127 e. The minimum absolute atomic E-state index is 0.0789. The average molecular weight is 293 g/mol. The van der Waals surface area contributed by atoms with Crippen LogP contribution in [0.5, 0.6) is 0 Å². The van der Waals surface area contributed by atoms with Gasteiger partial charge in [-0.25, -0.2) is 4.98 Å². The van der Waals surface area contributed by atoms with E-state index >= 15 is 0 Å². The molecule has 1 atom stereocenters. The van der Waals surface area contributed by atoms with Crippen LogP contribution in [0.25, 0.3) is 11.0 Å². The maximum Gasteiger partial charge on any atom is 0.127 e. The molecule has 0 fully saturated rings. The van der Waals surface area contributed by atoms with Crippen molar-refractivity contribution in [2.75, 3.05) is 0 Å². The molecule has 1 unspecified atom stereocenters. The van der Waals surface area contributed by atoms with Gasteiger partial charge in [0, 0.05) is 6.54 Å². The number of imidazole rings is 1. The normalized spacial score (nSPS) is 14.2. The molecule has 2 aromatic rings. The van der Waals surface area contributed by atoms with Crippen LogP contribution in [0.4, 0.5) is 0 Å². The van der Waals surface area contributed by atoms with Crippen LogP contribution in [0.15, 0.2) is 18.2 Å². The van der Waals surface area contributed by atoms with Crippen molar-refractivity contribution in [2.24, 2.45) is 11.3 Å². The summed E-state index contributed by atoms with van der Waals surface area (Å²) >= 11 is 6.36. The number of nitrogens with zero attached hydrogens (tertiary/aromatic N) is 2.